The van der Waals surface area contributed by atoms with E-state index in [1.165, 1.54) is 10.4 Å². The number of nitrogens with one attached hydrogen (secondary N) is 2. The summed E-state index contributed by atoms with van der Waals surface area (Å²) in [4.78, 5) is 24.2. The summed E-state index contributed by atoms with van der Waals surface area (Å²) in [6.45, 7) is 6.92. The minimum atomic E-state index is -0.245. The Hall–Kier alpha value is -2.36. The predicted octanol–water partition coefficient (Wildman–Crippen LogP) is 4.81. The molecule has 1 atom stereocenters. The first kappa shape index (κ1) is 21.9. The highest BCUT2D eigenvalue weighted by molar-refractivity contribution is 7.99. The van der Waals surface area contributed by atoms with E-state index in [2.05, 4.69) is 31.6 Å². The Bertz CT molecular complexity index is 1100. The van der Waals surface area contributed by atoms with E-state index in [0.717, 1.165) is 28.8 Å². The van der Waals surface area contributed by atoms with Crippen LogP contribution >= 0.6 is 23.1 Å². The van der Waals surface area contributed by atoms with Gasteiger partial charge in [-0.3, -0.25) is 15.6 Å². The summed E-state index contributed by atoms with van der Waals surface area (Å²) in [7, 11) is 1.60. The van der Waals surface area contributed by atoms with Crippen LogP contribution in [0.3, 0.4) is 0 Å². The highest BCUT2D eigenvalue weighted by Gasteiger charge is 2.33. The molecule has 2 N–H and O–H groups in total. The van der Waals surface area contributed by atoms with Crippen molar-refractivity contribution in [3.63, 3.8) is 0 Å². The first-order valence-corrected chi connectivity index (χ1v) is 12.1. The van der Waals surface area contributed by atoms with E-state index in [1.807, 2.05) is 0 Å². The molecule has 3 heterocycles. The zero-order valence-corrected chi connectivity index (χ0v) is 19.7. The van der Waals surface area contributed by atoms with Crippen molar-refractivity contribution in [3.05, 3.63) is 40.3 Å². The second kappa shape index (κ2) is 9.02. The summed E-state index contributed by atoms with van der Waals surface area (Å²) in [5.41, 5.74) is 7.39. The molecule has 0 bridgehead atoms. The number of ether oxygens (including phenoxy) is 2. The molecule has 9 heteroatoms. The van der Waals surface area contributed by atoms with E-state index in [1.54, 1.807) is 54.5 Å². The van der Waals surface area contributed by atoms with Gasteiger partial charge >= 0.3 is 0 Å². The van der Waals surface area contributed by atoms with Gasteiger partial charge in [0.25, 0.3) is 5.91 Å². The molecule has 1 amide bonds. The number of carbonyl (C=O) groups is 1. The van der Waals surface area contributed by atoms with Crippen molar-refractivity contribution in [3.8, 4) is 5.75 Å². The lowest BCUT2D eigenvalue weighted by atomic mass is 9.90. The summed E-state index contributed by atoms with van der Waals surface area (Å²) in [6.07, 6.45) is 1.72. The van der Waals surface area contributed by atoms with Crippen LogP contribution in [0.5, 0.6) is 5.75 Å². The van der Waals surface area contributed by atoms with Crippen molar-refractivity contribution >= 4 is 45.0 Å². The Labute approximate surface area is 189 Å². The van der Waals surface area contributed by atoms with Crippen LogP contribution in [0.1, 0.15) is 48.0 Å². The third kappa shape index (κ3) is 4.49. The number of amides is 1. The van der Waals surface area contributed by atoms with Crippen LogP contribution in [0.25, 0.3) is 10.2 Å². The molecule has 0 spiro atoms. The number of thiophene rings is 1. The Morgan fingerprint density at radius 2 is 2.06 bits per heavy atom. The monoisotopic (exact) mass is 458 g/mol. The number of methoxy groups -OCH3 is 1. The fourth-order valence-electron chi connectivity index (χ4n) is 3.49. The molecule has 7 nitrogen and oxygen atoms in total. The first-order valence-electron chi connectivity index (χ1n) is 10.3. The van der Waals surface area contributed by atoms with Gasteiger partial charge in [0.2, 0.25) is 0 Å². The Morgan fingerprint density at radius 3 is 2.74 bits per heavy atom. The maximum Gasteiger partial charge on any atom is 0.269 e. The van der Waals surface area contributed by atoms with Crippen LogP contribution in [-0.4, -0.2) is 34.3 Å². The summed E-state index contributed by atoms with van der Waals surface area (Å²) in [5.74, 6) is 1.95. The number of benzene rings is 1. The van der Waals surface area contributed by atoms with Crippen LogP contribution in [0.4, 0.5) is 5.82 Å². The van der Waals surface area contributed by atoms with Crippen LogP contribution in [0.2, 0.25) is 0 Å². The number of hydrazine groups is 1. The fourth-order valence-corrected chi connectivity index (χ4v) is 5.22. The molecule has 164 valence electrons. The summed E-state index contributed by atoms with van der Waals surface area (Å²) in [6, 6.07) is 6.96. The molecule has 1 unspecified atom stereocenters. The number of hydrogen-bond donors (Lipinski definition) is 2. The second-order valence-corrected chi connectivity index (χ2v) is 9.86. The molecular formula is C22H26N4O3S2. The number of carbonyl (C=O) groups excluding carboxylic acids is 1. The van der Waals surface area contributed by atoms with Crippen molar-refractivity contribution in [2.75, 3.05) is 18.3 Å². The molecule has 1 aromatic carbocycles. The lowest BCUT2D eigenvalue weighted by Crippen LogP contribution is -2.34. The maximum absolute atomic E-state index is 12.7. The number of anilines is 1. The van der Waals surface area contributed by atoms with Gasteiger partial charge in [-0.2, -0.15) is 0 Å². The van der Waals surface area contributed by atoms with Gasteiger partial charge in [0.05, 0.1) is 24.7 Å². The highest BCUT2D eigenvalue weighted by atomic mass is 32.2. The number of rotatable bonds is 7. The molecular weight excluding hydrogens is 432 g/mol. The van der Waals surface area contributed by atoms with Gasteiger partial charge in [-0.15, -0.1) is 11.3 Å². The molecule has 0 aliphatic carbocycles. The Morgan fingerprint density at radius 1 is 1.29 bits per heavy atom. The van der Waals surface area contributed by atoms with Crippen molar-refractivity contribution in [1.82, 2.24) is 15.4 Å². The molecule has 0 saturated heterocycles. The lowest BCUT2D eigenvalue weighted by molar-refractivity contribution is -0.0543. The molecule has 0 radical (unpaired) electrons. The van der Waals surface area contributed by atoms with Gasteiger partial charge < -0.3 is 9.47 Å². The molecule has 2 aromatic heterocycles. The summed E-state index contributed by atoms with van der Waals surface area (Å²) >= 11 is 3.22. The minimum absolute atomic E-state index is 0.207. The van der Waals surface area contributed by atoms with E-state index in [0.29, 0.717) is 28.9 Å². The van der Waals surface area contributed by atoms with E-state index < -0.39 is 0 Å². The van der Waals surface area contributed by atoms with Crippen LogP contribution in [0.15, 0.2) is 29.4 Å². The molecule has 1 aliphatic rings. The van der Waals surface area contributed by atoms with E-state index in [-0.39, 0.29) is 11.5 Å². The average Bonchev–Trinajstić information content (AvgIpc) is 3.15. The largest absolute Gasteiger partial charge is 0.497 e. The van der Waals surface area contributed by atoms with Crippen molar-refractivity contribution in [2.24, 2.45) is 0 Å². The summed E-state index contributed by atoms with van der Waals surface area (Å²) in [5, 5.41) is 1.66. The van der Waals surface area contributed by atoms with Gasteiger partial charge in [-0.1, -0.05) is 25.6 Å². The van der Waals surface area contributed by atoms with Gasteiger partial charge in [0, 0.05) is 16.9 Å². The number of fused-ring (bicyclic) bond motifs is 3. The fraction of sp³-hybridized carbons (Fsp3) is 0.409. The molecule has 0 saturated carbocycles. The van der Waals surface area contributed by atoms with Crippen LogP contribution < -0.4 is 15.6 Å². The number of nitrogens with zero attached hydrogens (tertiary/aromatic N) is 2. The van der Waals surface area contributed by atoms with Crippen LogP contribution in [0, 0.1) is 0 Å². The number of aromatic nitrogens is 2. The van der Waals surface area contributed by atoms with Crippen molar-refractivity contribution in [1.29, 1.82) is 0 Å². The van der Waals surface area contributed by atoms with Gasteiger partial charge in [0.1, 0.15) is 10.6 Å². The number of thioether (sulfide) groups is 1. The zero-order valence-electron chi connectivity index (χ0n) is 18.1. The SMILES string of the molecule is CCSc1nc(NNC(=O)c2ccc(OC)cc2)c2c3c(sc2n1)COC(C)(CC)C3. The second-order valence-electron chi connectivity index (χ2n) is 7.55. The maximum atomic E-state index is 12.7. The average molecular weight is 459 g/mol. The molecule has 4 rings (SSSR count). The standard InChI is InChI=1S/C22H26N4O3S2/c1-5-22(3)11-15-16(12-29-22)31-20-17(15)18(23-21(24-20)30-6-2)25-26-19(27)13-7-9-14(28-4)10-8-13/h7-10H,5-6,11-12H2,1-4H3,(H,26,27)(H,23,24,25). The topological polar surface area (TPSA) is 85.4 Å². The predicted molar refractivity (Wildman–Crippen MR) is 125 cm³/mol. The quantitative estimate of drug-likeness (QED) is 0.298. The third-order valence-corrected chi connectivity index (χ3v) is 7.31. The van der Waals surface area contributed by atoms with Gasteiger partial charge in [-0.05, 0) is 48.9 Å². The van der Waals surface area contributed by atoms with E-state index in [9.17, 15) is 4.79 Å². The Kier molecular flexibility index (Phi) is 6.36. The van der Waals surface area contributed by atoms with Crippen molar-refractivity contribution < 1.29 is 14.3 Å². The van der Waals surface area contributed by atoms with Crippen molar-refractivity contribution in [2.45, 2.75) is 51.0 Å². The molecule has 3 aromatic rings. The third-order valence-electron chi connectivity index (χ3n) is 5.48. The van der Waals surface area contributed by atoms with E-state index in [4.69, 9.17) is 19.4 Å². The van der Waals surface area contributed by atoms with Crippen LogP contribution in [-0.2, 0) is 17.8 Å². The zero-order chi connectivity index (χ0) is 22.0. The summed E-state index contributed by atoms with van der Waals surface area (Å²) < 4.78 is 11.3. The number of hydrogen-bond acceptors (Lipinski definition) is 8. The highest BCUT2D eigenvalue weighted by Crippen LogP contribution is 2.42. The van der Waals surface area contributed by atoms with Gasteiger partial charge in [-0.25, -0.2) is 9.97 Å². The first-order chi connectivity index (χ1) is 15.0. The molecule has 31 heavy (non-hydrogen) atoms. The molecule has 1 aliphatic heterocycles. The normalized spacial score (nSPS) is 17.9. The van der Waals surface area contributed by atoms with Gasteiger partial charge in [0.15, 0.2) is 11.0 Å². The minimum Gasteiger partial charge on any atom is -0.497 e. The smallest absolute Gasteiger partial charge is 0.269 e. The Balaban J connectivity index is 1.66. The lowest BCUT2D eigenvalue weighted by Gasteiger charge is -2.33. The molecule has 0 fully saturated rings. The van der Waals surface area contributed by atoms with E-state index >= 15 is 0 Å².